The second kappa shape index (κ2) is 3.76. The molecular formula is C12H13O3. The molecule has 1 aromatic rings. The summed E-state index contributed by atoms with van der Waals surface area (Å²) in [6.07, 6.45) is -2.28. The highest BCUT2D eigenvalue weighted by Gasteiger charge is 2.46. The van der Waals surface area contributed by atoms with Gasteiger partial charge in [-0.25, -0.2) is 0 Å². The van der Waals surface area contributed by atoms with Gasteiger partial charge in [0.15, 0.2) is 5.78 Å². The molecule has 15 heavy (non-hydrogen) atoms. The van der Waals surface area contributed by atoms with Gasteiger partial charge in [-0.2, -0.15) is 0 Å². The van der Waals surface area contributed by atoms with Crippen LogP contribution in [0.2, 0.25) is 0 Å². The maximum Gasteiger partial charge on any atom is 0.190 e. The molecule has 2 N–H and O–H groups in total. The Bertz CT molecular complexity index is 360. The summed E-state index contributed by atoms with van der Waals surface area (Å²) >= 11 is 0. The van der Waals surface area contributed by atoms with Crippen LogP contribution in [0.3, 0.4) is 0 Å². The Kier molecular flexibility index (Phi) is 2.59. The minimum atomic E-state index is -1.15. The molecule has 0 aliphatic heterocycles. The number of rotatable bonds is 1. The molecule has 1 aliphatic rings. The van der Waals surface area contributed by atoms with Gasteiger partial charge in [0.25, 0.3) is 0 Å². The van der Waals surface area contributed by atoms with Crippen LogP contribution in [0.15, 0.2) is 30.3 Å². The minimum Gasteiger partial charge on any atom is -0.385 e. The molecule has 0 amide bonds. The van der Waals surface area contributed by atoms with E-state index in [1.54, 1.807) is 0 Å². The lowest BCUT2D eigenvalue weighted by molar-refractivity contribution is -0.131. The average Bonchev–Trinajstić information content (AvgIpc) is 2.45. The van der Waals surface area contributed by atoms with Crippen molar-refractivity contribution in [2.24, 2.45) is 5.92 Å². The zero-order chi connectivity index (χ0) is 11.0. The number of aliphatic hydroxyl groups is 2. The third-order valence-electron chi connectivity index (χ3n) is 2.97. The second-order valence-corrected chi connectivity index (χ2v) is 3.89. The van der Waals surface area contributed by atoms with Crippen molar-refractivity contribution in [1.82, 2.24) is 0 Å². The predicted octanol–water partition coefficient (Wildman–Crippen LogP) is 0.525. The third kappa shape index (κ3) is 1.58. The Hall–Kier alpha value is -1.19. The fourth-order valence-electron chi connectivity index (χ4n) is 2.10. The maximum absolute atomic E-state index is 11.4. The molecular weight excluding hydrogens is 192 g/mol. The normalized spacial score (nSPS) is 35.8. The van der Waals surface area contributed by atoms with Gasteiger partial charge in [-0.15, -0.1) is 0 Å². The lowest BCUT2D eigenvalue weighted by atomic mass is 9.88. The van der Waals surface area contributed by atoms with E-state index in [0.29, 0.717) is 0 Å². The Morgan fingerprint density at radius 2 is 1.67 bits per heavy atom. The lowest BCUT2D eigenvalue weighted by Gasteiger charge is -2.18. The average molecular weight is 205 g/mol. The molecule has 0 spiro atoms. The van der Waals surface area contributed by atoms with Crippen molar-refractivity contribution in [2.45, 2.75) is 18.1 Å². The summed E-state index contributed by atoms with van der Waals surface area (Å²) in [6, 6.07) is 9.20. The molecule has 0 saturated heterocycles. The van der Waals surface area contributed by atoms with Crippen molar-refractivity contribution in [3.05, 3.63) is 42.8 Å². The molecule has 3 heteroatoms. The van der Waals surface area contributed by atoms with Crippen molar-refractivity contribution in [1.29, 1.82) is 0 Å². The number of aliphatic hydroxyl groups excluding tert-OH is 2. The monoisotopic (exact) mass is 205 g/mol. The second-order valence-electron chi connectivity index (χ2n) is 3.89. The summed E-state index contributed by atoms with van der Waals surface area (Å²) in [5, 5.41) is 19.2. The standard InChI is InChI=1S/C12H13O3/c1-7-9(8-5-3-2-4-6-8)11(14)12(15)10(7)13/h2-7,9-11,13-14H,1H2. The number of carbonyl (C=O) groups excluding carboxylic acids is 1. The van der Waals surface area contributed by atoms with Crippen LogP contribution in [0.5, 0.6) is 0 Å². The van der Waals surface area contributed by atoms with E-state index < -0.39 is 29.8 Å². The summed E-state index contributed by atoms with van der Waals surface area (Å²) in [5.41, 5.74) is 0.843. The Labute approximate surface area is 88.4 Å². The van der Waals surface area contributed by atoms with Crippen molar-refractivity contribution in [3.63, 3.8) is 0 Å². The first-order chi connectivity index (χ1) is 7.13. The van der Waals surface area contributed by atoms with E-state index in [1.165, 1.54) is 0 Å². The largest absolute Gasteiger partial charge is 0.385 e. The van der Waals surface area contributed by atoms with E-state index in [2.05, 4.69) is 6.92 Å². The zero-order valence-electron chi connectivity index (χ0n) is 8.21. The van der Waals surface area contributed by atoms with Crippen LogP contribution in [0.4, 0.5) is 0 Å². The molecule has 3 nitrogen and oxygen atoms in total. The summed E-state index contributed by atoms with van der Waals surface area (Å²) in [5.74, 6) is -1.40. The highest BCUT2D eigenvalue weighted by molar-refractivity contribution is 5.91. The summed E-state index contributed by atoms with van der Waals surface area (Å²) in [6.45, 7) is 3.75. The van der Waals surface area contributed by atoms with Gasteiger partial charge in [-0.05, 0) is 12.5 Å². The van der Waals surface area contributed by atoms with E-state index in [0.717, 1.165) is 5.56 Å². The number of Topliss-reactive ketones (excluding diaryl/α,β-unsaturated/α-hetero) is 1. The van der Waals surface area contributed by atoms with E-state index in [4.69, 9.17) is 0 Å². The number of benzene rings is 1. The summed E-state index contributed by atoms with van der Waals surface area (Å²) in [7, 11) is 0. The molecule has 4 atom stereocenters. The quantitative estimate of drug-likeness (QED) is 0.703. The molecule has 1 saturated carbocycles. The van der Waals surface area contributed by atoms with Gasteiger partial charge in [0.1, 0.15) is 12.2 Å². The molecule has 0 aromatic heterocycles. The topological polar surface area (TPSA) is 57.5 Å². The zero-order valence-corrected chi connectivity index (χ0v) is 8.21. The van der Waals surface area contributed by atoms with E-state index in [1.807, 2.05) is 30.3 Å². The van der Waals surface area contributed by atoms with Crippen LogP contribution >= 0.6 is 0 Å². The lowest BCUT2D eigenvalue weighted by Crippen LogP contribution is -2.24. The molecule has 0 bridgehead atoms. The van der Waals surface area contributed by atoms with E-state index in [-0.39, 0.29) is 0 Å². The molecule has 1 radical (unpaired) electrons. The highest BCUT2D eigenvalue weighted by atomic mass is 16.3. The van der Waals surface area contributed by atoms with Crippen molar-refractivity contribution < 1.29 is 15.0 Å². The minimum absolute atomic E-state index is 0.395. The molecule has 79 valence electrons. The van der Waals surface area contributed by atoms with Crippen LogP contribution in [-0.4, -0.2) is 28.2 Å². The summed E-state index contributed by atoms with van der Waals surface area (Å²) in [4.78, 5) is 11.4. The Balaban J connectivity index is 2.35. The van der Waals surface area contributed by atoms with Gasteiger partial charge in [0, 0.05) is 11.8 Å². The van der Waals surface area contributed by atoms with Crippen LogP contribution in [0.25, 0.3) is 0 Å². The van der Waals surface area contributed by atoms with Gasteiger partial charge in [0.05, 0.1) is 0 Å². The molecule has 0 heterocycles. The fraction of sp³-hybridized carbons (Fsp3) is 0.333. The van der Waals surface area contributed by atoms with Gasteiger partial charge in [-0.1, -0.05) is 30.3 Å². The molecule has 4 unspecified atom stereocenters. The third-order valence-corrected chi connectivity index (χ3v) is 2.97. The van der Waals surface area contributed by atoms with Crippen molar-refractivity contribution in [2.75, 3.05) is 0 Å². The number of hydrogen-bond acceptors (Lipinski definition) is 3. The first-order valence-corrected chi connectivity index (χ1v) is 4.91. The van der Waals surface area contributed by atoms with Crippen LogP contribution < -0.4 is 0 Å². The first kappa shape index (κ1) is 10.3. The SMILES string of the molecule is [CH2]C1C(O)C(=O)C(O)C1c1ccccc1. The van der Waals surface area contributed by atoms with E-state index >= 15 is 0 Å². The van der Waals surface area contributed by atoms with Crippen LogP contribution in [0.1, 0.15) is 11.5 Å². The maximum atomic E-state index is 11.4. The van der Waals surface area contributed by atoms with Gasteiger partial charge in [-0.3, -0.25) is 4.79 Å². The molecule has 1 aliphatic carbocycles. The number of ketones is 1. The first-order valence-electron chi connectivity index (χ1n) is 4.91. The predicted molar refractivity (Wildman–Crippen MR) is 55.1 cm³/mol. The number of carbonyl (C=O) groups is 1. The Morgan fingerprint density at radius 1 is 1.07 bits per heavy atom. The fourth-order valence-corrected chi connectivity index (χ4v) is 2.10. The molecule has 1 aromatic carbocycles. The van der Waals surface area contributed by atoms with Gasteiger partial charge in [0.2, 0.25) is 0 Å². The molecule has 2 rings (SSSR count). The summed E-state index contributed by atoms with van der Waals surface area (Å²) < 4.78 is 0. The van der Waals surface area contributed by atoms with Crippen molar-refractivity contribution >= 4 is 5.78 Å². The smallest absolute Gasteiger partial charge is 0.190 e. The molecule has 1 fully saturated rings. The van der Waals surface area contributed by atoms with Crippen LogP contribution in [-0.2, 0) is 4.79 Å². The van der Waals surface area contributed by atoms with E-state index in [9.17, 15) is 15.0 Å². The van der Waals surface area contributed by atoms with Crippen molar-refractivity contribution in [3.8, 4) is 0 Å². The highest BCUT2D eigenvalue weighted by Crippen LogP contribution is 2.37. The number of hydrogen-bond donors (Lipinski definition) is 2. The van der Waals surface area contributed by atoms with Gasteiger partial charge < -0.3 is 10.2 Å². The van der Waals surface area contributed by atoms with Gasteiger partial charge >= 0.3 is 0 Å². The Morgan fingerprint density at radius 3 is 2.13 bits per heavy atom. The van der Waals surface area contributed by atoms with Crippen LogP contribution in [0, 0.1) is 12.8 Å².